The summed E-state index contributed by atoms with van der Waals surface area (Å²) in [6, 6.07) is 18.4. The molecule has 0 N–H and O–H groups in total. The monoisotopic (exact) mass is 573 g/mol. The van der Waals surface area contributed by atoms with Crippen LogP contribution in [0.1, 0.15) is 5.56 Å². The van der Waals surface area contributed by atoms with Gasteiger partial charge in [-0.05, 0) is 52.3 Å². The van der Waals surface area contributed by atoms with Gasteiger partial charge in [0.15, 0.2) is 12.4 Å². The zero-order chi connectivity index (χ0) is 26.8. The minimum absolute atomic E-state index is 0.0878. The van der Waals surface area contributed by atoms with E-state index in [1.807, 2.05) is 0 Å². The topological polar surface area (TPSA) is 146 Å². The Kier molecular flexibility index (Phi) is 6.59. The van der Waals surface area contributed by atoms with E-state index in [2.05, 4.69) is 26.0 Å². The highest BCUT2D eigenvalue weighted by Gasteiger charge is 2.21. The average molecular weight is 574 g/mol. The second-order valence-corrected chi connectivity index (χ2v) is 8.71. The summed E-state index contributed by atoms with van der Waals surface area (Å²) in [5.74, 6) is 0.907. The standard InChI is InChI=1S/C26H16BrN5O6/c1-36-21-7-4-8-22-17(21)13-23(38-22)25-30-19-6-3-2-5-16(19)26(33)31(25)29-14-15-11-18(27)24(37-10-9-28)20(12-15)32(34)35/h2-8,11-14H,10H2,1H3. The van der Waals surface area contributed by atoms with Crippen molar-refractivity contribution < 1.29 is 18.8 Å². The number of nitro groups is 1. The normalized spacial score (nSPS) is 11.2. The van der Waals surface area contributed by atoms with Gasteiger partial charge in [0, 0.05) is 11.6 Å². The van der Waals surface area contributed by atoms with Crippen LogP contribution in [0.25, 0.3) is 33.5 Å². The van der Waals surface area contributed by atoms with Gasteiger partial charge in [-0.3, -0.25) is 14.9 Å². The molecule has 12 heteroatoms. The molecular weight excluding hydrogens is 558 g/mol. The highest BCUT2D eigenvalue weighted by atomic mass is 79.9. The lowest BCUT2D eigenvalue weighted by molar-refractivity contribution is -0.385. The maximum atomic E-state index is 13.5. The van der Waals surface area contributed by atoms with Gasteiger partial charge < -0.3 is 13.9 Å². The molecule has 3 aromatic carbocycles. The summed E-state index contributed by atoms with van der Waals surface area (Å²) >= 11 is 3.25. The number of hydrogen-bond donors (Lipinski definition) is 0. The summed E-state index contributed by atoms with van der Waals surface area (Å²) in [5, 5.41) is 25.8. The predicted molar refractivity (Wildman–Crippen MR) is 143 cm³/mol. The number of aromatic nitrogens is 2. The zero-order valence-corrected chi connectivity index (χ0v) is 21.2. The lowest BCUT2D eigenvalue weighted by atomic mass is 10.2. The quantitative estimate of drug-likeness (QED) is 0.145. The fraction of sp³-hybridized carbons (Fsp3) is 0.0769. The van der Waals surface area contributed by atoms with Crippen molar-refractivity contribution in [1.82, 2.24) is 9.66 Å². The molecule has 0 bridgehead atoms. The third-order valence-electron chi connectivity index (χ3n) is 5.56. The van der Waals surface area contributed by atoms with Crippen LogP contribution in [-0.2, 0) is 0 Å². The second kappa shape index (κ2) is 10.2. The molecule has 5 aromatic rings. The largest absolute Gasteiger partial charge is 0.496 e. The van der Waals surface area contributed by atoms with Crippen molar-refractivity contribution in [3.63, 3.8) is 0 Å². The molecule has 188 valence electrons. The number of hydrogen-bond acceptors (Lipinski definition) is 9. The molecule has 2 heterocycles. The molecule has 0 saturated carbocycles. The van der Waals surface area contributed by atoms with Gasteiger partial charge in [0.25, 0.3) is 5.56 Å². The summed E-state index contributed by atoms with van der Waals surface area (Å²) in [7, 11) is 1.55. The molecule has 0 fully saturated rings. The third kappa shape index (κ3) is 4.46. The number of methoxy groups -OCH3 is 1. The Morgan fingerprint density at radius 3 is 2.79 bits per heavy atom. The minimum atomic E-state index is -0.633. The first-order valence-electron chi connectivity index (χ1n) is 11.0. The van der Waals surface area contributed by atoms with Crippen molar-refractivity contribution in [2.24, 2.45) is 5.10 Å². The second-order valence-electron chi connectivity index (χ2n) is 7.85. The number of ether oxygens (including phenoxy) is 2. The number of nitriles is 1. The van der Waals surface area contributed by atoms with E-state index in [0.717, 1.165) is 4.68 Å². The lowest BCUT2D eigenvalue weighted by Crippen LogP contribution is -2.20. The van der Waals surface area contributed by atoms with Crippen LogP contribution in [0.4, 0.5) is 5.69 Å². The SMILES string of the molecule is COc1cccc2oc(-c3nc4ccccc4c(=O)n3N=Cc3cc(Br)c(OCC#N)c([N+](=O)[O-])c3)cc12. The molecular formula is C26H16BrN5O6. The number of fused-ring (bicyclic) bond motifs is 2. The molecule has 5 rings (SSSR count). The van der Waals surface area contributed by atoms with Gasteiger partial charge in [-0.25, -0.2) is 4.98 Å². The zero-order valence-electron chi connectivity index (χ0n) is 19.6. The van der Waals surface area contributed by atoms with Crippen LogP contribution in [0, 0.1) is 21.4 Å². The third-order valence-corrected chi connectivity index (χ3v) is 6.15. The Labute approximate surface area is 222 Å². The van der Waals surface area contributed by atoms with Gasteiger partial charge in [0.1, 0.15) is 17.4 Å². The van der Waals surface area contributed by atoms with E-state index in [-0.39, 0.29) is 34.1 Å². The summed E-state index contributed by atoms with van der Waals surface area (Å²) in [5.41, 5.74) is 0.445. The molecule has 11 nitrogen and oxygen atoms in total. The molecule has 0 amide bonds. The molecule has 0 radical (unpaired) electrons. The first kappa shape index (κ1) is 24.7. The maximum absolute atomic E-state index is 13.5. The van der Waals surface area contributed by atoms with Crippen LogP contribution in [0.5, 0.6) is 11.5 Å². The Balaban J connectivity index is 1.68. The Bertz CT molecular complexity index is 1850. The van der Waals surface area contributed by atoms with E-state index < -0.39 is 10.5 Å². The molecule has 0 aliphatic heterocycles. The van der Waals surface area contributed by atoms with Gasteiger partial charge in [-0.1, -0.05) is 18.2 Å². The number of para-hydroxylation sites is 1. The van der Waals surface area contributed by atoms with Gasteiger partial charge in [-0.15, -0.1) is 0 Å². The fourth-order valence-corrected chi connectivity index (χ4v) is 4.48. The van der Waals surface area contributed by atoms with Crippen molar-refractivity contribution in [1.29, 1.82) is 5.26 Å². The first-order chi connectivity index (χ1) is 18.4. The lowest BCUT2D eigenvalue weighted by Gasteiger charge is -2.08. The van der Waals surface area contributed by atoms with E-state index in [1.165, 1.54) is 18.3 Å². The van der Waals surface area contributed by atoms with Crippen molar-refractivity contribution in [3.8, 4) is 29.2 Å². The molecule has 0 atom stereocenters. The van der Waals surface area contributed by atoms with E-state index in [4.69, 9.17) is 19.2 Å². The van der Waals surface area contributed by atoms with Gasteiger partial charge in [0.05, 0.1) is 39.0 Å². The molecule has 0 aliphatic carbocycles. The molecule has 38 heavy (non-hydrogen) atoms. The Morgan fingerprint density at radius 1 is 1.21 bits per heavy atom. The van der Waals surface area contributed by atoms with Crippen molar-refractivity contribution >= 4 is 49.7 Å². The highest BCUT2D eigenvalue weighted by Crippen LogP contribution is 2.36. The van der Waals surface area contributed by atoms with Crippen molar-refractivity contribution in [2.75, 3.05) is 13.7 Å². The Morgan fingerprint density at radius 2 is 2.03 bits per heavy atom. The Hall–Kier alpha value is -5.02. The van der Waals surface area contributed by atoms with Gasteiger partial charge in [-0.2, -0.15) is 15.0 Å². The van der Waals surface area contributed by atoms with E-state index in [1.54, 1.807) is 61.7 Å². The molecule has 0 unspecified atom stereocenters. The fourth-order valence-electron chi connectivity index (χ4n) is 3.89. The highest BCUT2D eigenvalue weighted by molar-refractivity contribution is 9.10. The van der Waals surface area contributed by atoms with E-state index in [0.29, 0.717) is 33.2 Å². The summed E-state index contributed by atoms with van der Waals surface area (Å²) in [6.07, 6.45) is 1.29. The van der Waals surface area contributed by atoms with Crippen LogP contribution in [0.15, 0.2) is 79.4 Å². The number of furan rings is 1. The van der Waals surface area contributed by atoms with Crippen LogP contribution in [0.3, 0.4) is 0 Å². The molecule has 0 saturated heterocycles. The summed E-state index contributed by atoms with van der Waals surface area (Å²) in [6.45, 7) is -0.364. The van der Waals surface area contributed by atoms with E-state index >= 15 is 0 Å². The number of benzene rings is 3. The predicted octanol–water partition coefficient (Wildman–Crippen LogP) is 5.27. The number of nitrogens with zero attached hydrogens (tertiary/aromatic N) is 5. The van der Waals surface area contributed by atoms with Crippen LogP contribution >= 0.6 is 15.9 Å². The average Bonchev–Trinajstić information content (AvgIpc) is 3.36. The van der Waals surface area contributed by atoms with E-state index in [9.17, 15) is 14.9 Å². The van der Waals surface area contributed by atoms with Crippen LogP contribution in [0.2, 0.25) is 0 Å². The number of halogens is 1. The van der Waals surface area contributed by atoms with Crippen molar-refractivity contribution in [3.05, 3.63) is 91.2 Å². The maximum Gasteiger partial charge on any atom is 0.312 e. The van der Waals surface area contributed by atoms with Gasteiger partial charge >= 0.3 is 5.69 Å². The minimum Gasteiger partial charge on any atom is -0.496 e. The first-order valence-corrected chi connectivity index (χ1v) is 11.8. The summed E-state index contributed by atoms with van der Waals surface area (Å²) < 4.78 is 17.9. The van der Waals surface area contributed by atoms with Crippen LogP contribution in [-0.4, -0.2) is 34.5 Å². The molecule has 0 aliphatic rings. The summed E-state index contributed by atoms with van der Waals surface area (Å²) in [4.78, 5) is 29.1. The van der Waals surface area contributed by atoms with Gasteiger partial charge in [0.2, 0.25) is 11.6 Å². The van der Waals surface area contributed by atoms with Crippen molar-refractivity contribution in [2.45, 2.75) is 0 Å². The van der Waals surface area contributed by atoms with Crippen LogP contribution < -0.4 is 15.0 Å². The molecule has 0 spiro atoms. The smallest absolute Gasteiger partial charge is 0.312 e. The number of nitro benzene ring substituents is 1. The number of rotatable bonds is 7. The molecule has 2 aromatic heterocycles.